The number of rotatable bonds is 2. The average Bonchev–Trinajstić information content (AvgIpc) is 2.39. The topological polar surface area (TPSA) is 46.3 Å². The van der Waals surface area contributed by atoms with Gasteiger partial charge in [-0.2, -0.15) is 0 Å². The van der Waals surface area contributed by atoms with Crippen molar-refractivity contribution in [3.8, 4) is 0 Å². The molecule has 1 saturated heterocycles. The number of carbonyl (C=O) groups is 1. The summed E-state index contributed by atoms with van der Waals surface area (Å²) in [4.78, 5) is 14.2. The molecule has 0 spiro atoms. The van der Waals surface area contributed by atoms with Gasteiger partial charge in [0.05, 0.1) is 0 Å². The highest BCUT2D eigenvalue weighted by atomic mass is 35.5. The van der Waals surface area contributed by atoms with Gasteiger partial charge in [-0.1, -0.05) is 11.6 Å². The number of nitrogens with two attached hydrogens (primary N) is 1. The van der Waals surface area contributed by atoms with E-state index in [1.54, 1.807) is 24.3 Å². The van der Waals surface area contributed by atoms with Gasteiger partial charge in [-0.25, -0.2) is 0 Å². The minimum atomic E-state index is 0.0806. The number of carbonyl (C=O) groups excluding carboxylic acids is 1. The van der Waals surface area contributed by atoms with Crippen LogP contribution in [0.5, 0.6) is 0 Å². The van der Waals surface area contributed by atoms with E-state index in [0.29, 0.717) is 16.5 Å². The van der Waals surface area contributed by atoms with E-state index in [2.05, 4.69) is 0 Å². The second kappa shape index (κ2) is 5.72. The van der Waals surface area contributed by atoms with Gasteiger partial charge in [0.25, 0.3) is 5.91 Å². The van der Waals surface area contributed by atoms with Gasteiger partial charge in [0.1, 0.15) is 0 Å². The highest BCUT2D eigenvalue weighted by Crippen LogP contribution is 2.21. The van der Waals surface area contributed by atoms with Crippen molar-refractivity contribution in [2.75, 3.05) is 13.1 Å². The summed E-state index contributed by atoms with van der Waals surface area (Å²) >= 11 is 5.83. The van der Waals surface area contributed by atoms with Gasteiger partial charge in [-0.15, -0.1) is 0 Å². The van der Waals surface area contributed by atoms with Crippen LogP contribution in [0.25, 0.3) is 0 Å². The molecule has 2 rings (SSSR count). The number of nitrogens with zero attached hydrogens (tertiary/aromatic N) is 1. The molecule has 0 aromatic heterocycles. The van der Waals surface area contributed by atoms with E-state index in [-0.39, 0.29) is 11.9 Å². The molecule has 0 saturated carbocycles. The second-order valence-corrected chi connectivity index (χ2v) is 5.46. The molecule has 1 aromatic carbocycles. The highest BCUT2D eigenvalue weighted by molar-refractivity contribution is 6.30. The van der Waals surface area contributed by atoms with Gasteiger partial charge in [-0.3, -0.25) is 4.79 Å². The molecule has 0 radical (unpaired) electrons. The van der Waals surface area contributed by atoms with Crippen molar-refractivity contribution in [2.24, 2.45) is 11.7 Å². The SMILES string of the molecule is CC(N)C1CCCN(C(=O)c2ccc(Cl)cc2)C1. The molecular formula is C14H19ClN2O. The summed E-state index contributed by atoms with van der Waals surface area (Å²) in [6.07, 6.45) is 2.15. The first-order chi connectivity index (χ1) is 8.58. The molecule has 3 nitrogen and oxygen atoms in total. The quantitative estimate of drug-likeness (QED) is 0.894. The molecular weight excluding hydrogens is 248 g/mol. The summed E-state index contributed by atoms with van der Waals surface area (Å²) in [6, 6.07) is 7.20. The molecule has 98 valence electrons. The first-order valence-corrected chi connectivity index (χ1v) is 6.76. The molecule has 0 aliphatic carbocycles. The van der Waals surface area contributed by atoms with Crippen LogP contribution in [-0.4, -0.2) is 29.9 Å². The predicted molar refractivity (Wildman–Crippen MR) is 73.7 cm³/mol. The monoisotopic (exact) mass is 266 g/mol. The molecule has 1 aromatic rings. The Labute approximate surface area is 113 Å². The van der Waals surface area contributed by atoms with Crippen LogP contribution in [0.15, 0.2) is 24.3 Å². The summed E-state index contributed by atoms with van der Waals surface area (Å²) in [7, 11) is 0. The minimum Gasteiger partial charge on any atom is -0.338 e. The van der Waals surface area contributed by atoms with Crippen LogP contribution < -0.4 is 5.73 Å². The summed E-state index contributed by atoms with van der Waals surface area (Å²) in [6.45, 7) is 3.60. The van der Waals surface area contributed by atoms with Gasteiger partial charge in [-0.05, 0) is 49.9 Å². The van der Waals surface area contributed by atoms with E-state index in [4.69, 9.17) is 17.3 Å². The standard InChI is InChI=1S/C14H19ClN2O/c1-10(16)12-3-2-8-17(9-12)14(18)11-4-6-13(15)7-5-11/h4-7,10,12H,2-3,8-9,16H2,1H3. The summed E-state index contributed by atoms with van der Waals surface area (Å²) in [5.74, 6) is 0.493. The summed E-state index contributed by atoms with van der Waals surface area (Å²) in [5, 5.41) is 0.652. The maximum absolute atomic E-state index is 12.3. The highest BCUT2D eigenvalue weighted by Gasteiger charge is 2.26. The molecule has 1 aliphatic rings. The Morgan fingerprint density at radius 3 is 2.72 bits per heavy atom. The van der Waals surface area contributed by atoms with Gasteiger partial charge in [0.15, 0.2) is 0 Å². The number of amides is 1. The third-order valence-corrected chi connectivity index (χ3v) is 3.83. The number of hydrogen-bond acceptors (Lipinski definition) is 2. The Morgan fingerprint density at radius 1 is 1.44 bits per heavy atom. The Morgan fingerprint density at radius 2 is 2.11 bits per heavy atom. The number of halogens is 1. The summed E-state index contributed by atoms with van der Waals surface area (Å²) < 4.78 is 0. The fraction of sp³-hybridized carbons (Fsp3) is 0.500. The van der Waals surface area contributed by atoms with Crippen LogP contribution in [0.4, 0.5) is 0 Å². The maximum Gasteiger partial charge on any atom is 0.253 e. The van der Waals surface area contributed by atoms with Crippen molar-refractivity contribution in [3.05, 3.63) is 34.9 Å². The molecule has 2 N–H and O–H groups in total. The molecule has 1 fully saturated rings. The van der Waals surface area contributed by atoms with Crippen molar-refractivity contribution in [2.45, 2.75) is 25.8 Å². The fourth-order valence-corrected chi connectivity index (χ4v) is 2.52. The molecule has 1 amide bonds. The third kappa shape index (κ3) is 3.03. The van der Waals surface area contributed by atoms with Crippen LogP contribution in [0.1, 0.15) is 30.1 Å². The van der Waals surface area contributed by atoms with E-state index in [1.165, 1.54) is 0 Å². The third-order valence-electron chi connectivity index (χ3n) is 3.58. The van der Waals surface area contributed by atoms with Crippen LogP contribution in [0, 0.1) is 5.92 Å². The lowest BCUT2D eigenvalue weighted by molar-refractivity contribution is 0.0661. The zero-order chi connectivity index (χ0) is 13.1. The first-order valence-electron chi connectivity index (χ1n) is 6.38. The largest absolute Gasteiger partial charge is 0.338 e. The zero-order valence-corrected chi connectivity index (χ0v) is 11.4. The van der Waals surface area contributed by atoms with Crippen LogP contribution >= 0.6 is 11.6 Å². The van der Waals surface area contributed by atoms with Gasteiger partial charge in [0, 0.05) is 29.7 Å². The molecule has 1 heterocycles. The average molecular weight is 267 g/mol. The van der Waals surface area contributed by atoms with E-state index in [1.807, 2.05) is 11.8 Å². The zero-order valence-electron chi connectivity index (χ0n) is 10.6. The molecule has 18 heavy (non-hydrogen) atoms. The van der Waals surface area contributed by atoms with Gasteiger partial charge >= 0.3 is 0 Å². The minimum absolute atomic E-state index is 0.0806. The molecule has 1 aliphatic heterocycles. The van der Waals surface area contributed by atoms with E-state index < -0.39 is 0 Å². The summed E-state index contributed by atoms with van der Waals surface area (Å²) in [5.41, 5.74) is 6.63. The Kier molecular flexibility index (Phi) is 4.25. The maximum atomic E-state index is 12.3. The normalized spacial score (nSPS) is 21.7. The van der Waals surface area contributed by atoms with E-state index in [9.17, 15) is 4.79 Å². The molecule has 0 bridgehead atoms. The lowest BCUT2D eigenvalue weighted by Gasteiger charge is -2.34. The Hall–Kier alpha value is -1.06. The van der Waals surface area contributed by atoms with E-state index >= 15 is 0 Å². The molecule has 2 atom stereocenters. The van der Waals surface area contributed by atoms with Crippen molar-refractivity contribution in [1.29, 1.82) is 0 Å². The van der Waals surface area contributed by atoms with Crippen molar-refractivity contribution in [1.82, 2.24) is 4.90 Å². The van der Waals surface area contributed by atoms with Crippen molar-refractivity contribution < 1.29 is 4.79 Å². The number of piperidine rings is 1. The second-order valence-electron chi connectivity index (χ2n) is 5.02. The smallest absolute Gasteiger partial charge is 0.253 e. The van der Waals surface area contributed by atoms with Crippen LogP contribution in [0.3, 0.4) is 0 Å². The molecule has 2 unspecified atom stereocenters. The predicted octanol–water partition coefficient (Wildman–Crippen LogP) is 2.54. The van der Waals surface area contributed by atoms with Gasteiger partial charge in [0.2, 0.25) is 0 Å². The van der Waals surface area contributed by atoms with E-state index in [0.717, 1.165) is 25.9 Å². The van der Waals surface area contributed by atoms with Crippen LogP contribution in [-0.2, 0) is 0 Å². The lowest BCUT2D eigenvalue weighted by Crippen LogP contribution is -2.45. The number of benzene rings is 1. The Balaban J connectivity index is 2.06. The van der Waals surface area contributed by atoms with Crippen molar-refractivity contribution >= 4 is 17.5 Å². The number of hydrogen-bond donors (Lipinski definition) is 1. The van der Waals surface area contributed by atoms with Crippen LogP contribution in [0.2, 0.25) is 5.02 Å². The fourth-order valence-electron chi connectivity index (χ4n) is 2.40. The Bertz CT molecular complexity index is 416. The lowest BCUT2D eigenvalue weighted by atomic mass is 9.92. The van der Waals surface area contributed by atoms with Gasteiger partial charge < -0.3 is 10.6 Å². The molecule has 4 heteroatoms. The first kappa shape index (κ1) is 13.4. The number of likely N-dealkylation sites (tertiary alicyclic amines) is 1. The van der Waals surface area contributed by atoms with Crippen molar-refractivity contribution in [3.63, 3.8) is 0 Å².